The van der Waals surface area contributed by atoms with E-state index in [2.05, 4.69) is 65.3 Å². The van der Waals surface area contributed by atoms with E-state index in [9.17, 15) is 0 Å². The molecule has 1 aliphatic heterocycles. The molecule has 2 aromatic rings. The SMILES string of the molecule is Cc1ccc(CN2CCN(Cc3ccccc3)CC2)cc1N. The zero-order valence-corrected chi connectivity index (χ0v) is 13.3. The summed E-state index contributed by atoms with van der Waals surface area (Å²) in [5, 5.41) is 0. The van der Waals surface area contributed by atoms with Crippen molar-refractivity contribution < 1.29 is 0 Å². The second kappa shape index (κ2) is 6.95. The summed E-state index contributed by atoms with van der Waals surface area (Å²) in [5.74, 6) is 0. The molecule has 3 heteroatoms. The van der Waals surface area contributed by atoms with E-state index in [1.165, 1.54) is 11.1 Å². The van der Waals surface area contributed by atoms with Crippen molar-refractivity contribution in [1.29, 1.82) is 0 Å². The van der Waals surface area contributed by atoms with Gasteiger partial charge in [-0.15, -0.1) is 0 Å². The van der Waals surface area contributed by atoms with Gasteiger partial charge in [-0.05, 0) is 29.7 Å². The summed E-state index contributed by atoms with van der Waals surface area (Å²) in [6, 6.07) is 17.2. The number of nitrogen functional groups attached to an aromatic ring is 1. The number of nitrogens with two attached hydrogens (primary N) is 1. The average Bonchev–Trinajstić information content (AvgIpc) is 2.54. The fraction of sp³-hybridized carbons (Fsp3) is 0.368. The Bertz CT molecular complexity index is 601. The molecule has 116 valence electrons. The molecule has 2 N–H and O–H groups in total. The Hall–Kier alpha value is -1.84. The Morgan fingerprint density at radius 1 is 0.818 bits per heavy atom. The van der Waals surface area contributed by atoms with Crippen LogP contribution >= 0.6 is 0 Å². The van der Waals surface area contributed by atoms with Gasteiger partial charge in [0.05, 0.1) is 0 Å². The molecule has 22 heavy (non-hydrogen) atoms. The van der Waals surface area contributed by atoms with Crippen LogP contribution in [-0.4, -0.2) is 36.0 Å². The van der Waals surface area contributed by atoms with Gasteiger partial charge in [0, 0.05) is 45.0 Å². The molecule has 1 aliphatic rings. The lowest BCUT2D eigenvalue weighted by molar-refractivity contribution is 0.122. The molecule has 1 saturated heterocycles. The molecule has 0 bridgehead atoms. The van der Waals surface area contributed by atoms with Crippen LogP contribution in [0.4, 0.5) is 5.69 Å². The first-order chi connectivity index (χ1) is 10.7. The highest BCUT2D eigenvalue weighted by atomic mass is 15.3. The highest BCUT2D eigenvalue weighted by molar-refractivity contribution is 5.48. The minimum absolute atomic E-state index is 0.903. The smallest absolute Gasteiger partial charge is 0.0346 e. The van der Waals surface area contributed by atoms with Gasteiger partial charge in [0.2, 0.25) is 0 Å². The fourth-order valence-corrected chi connectivity index (χ4v) is 2.99. The zero-order valence-electron chi connectivity index (χ0n) is 13.3. The van der Waals surface area contributed by atoms with Crippen LogP contribution in [0.15, 0.2) is 48.5 Å². The molecule has 0 aromatic heterocycles. The molecule has 0 spiro atoms. The van der Waals surface area contributed by atoms with Crippen LogP contribution in [0, 0.1) is 6.92 Å². The number of rotatable bonds is 4. The lowest BCUT2D eigenvalue weighted by Crippen LogP contribution is -2.45. The summed E-state index contributed by atoms with van der Waals surface area (Å²) in [4.78, 5) is 5.06. The molecule has 1 heterocycles. The van der Waals surface area contributed by atoms with Crippen molar-refractivity contribution in [2.45, 2.75) is 20.0 Å². The molecule has 2 aromatic carbocycles. The molecule has 0 unspecified atom stereocenters. The van der Waals surface area contributed by atoms with E-state index >= 15 is 0 Å². The van der Waals surface area contributed by atoms with Crippen molar-refractivity contribution in [3.05, 3.63) is 65.2 Å². The maximum atomic E-state index is 6.01. The first-order valence-electron chi connectivity index (χ1n) is 8.04. The summed E-state index contributed by atoms with van der Waals surface area (Å²) < 4.78 is 0. The lowest BCUT2D eigenvalue weighted by Gasteiger charge is -2.34. The third kappa shape index (κ3) is 3.87. The first-order valence-corrected chi connectivity index (χ1v) is 8.04. The number of nitrogens with zero attached hydrogens (tertiary/aromatic N) is 2. The van der Waals surface area contributed by atoms with E-state index in [-0.39, 0.29) is 0 Å². The normalized spacial score (nSPS) is 16.8. The second-order valence-electron chi connectivity index (χ2n) is 6.23. The van der Waals surface area contributed by atoms with Gasteiger partial charge in [0.1, 0.15) is 0 Å². The van der Waals surface area contributed by atoms with Crippen LogP contribution in [0.2, 0.25) is 0 Å². The third-order valence-corrected chi connectivity index (χ3v) is 4.46. The maximum absolute atomic E-state index is 6.01. The standard InChI is InChI=1S/C19H25N3/c1-16-7-8-18(13-19(16)20)15-22-11-9-21(10-12-22)14-17-5-3-2-4-6-17/h2-8,13H,9-12,14-15,20H2,1H3. The molecule has 0 aliphatic carbocycles. The lowest BCUT2D eigenvalue weighted by atomic mass is 10.1. The molecule has 0 amide bonds. The molecule has 0 atom stereocenters. The van der Waals surface area contributed by atoms with Crippen molar-refractivity contribution in [2.24, 2.45) is 0 Å². The topological polar surface area (TPSA) is 32.5 Å². The van der Waals surface area contributed by atoms with Crippen LogP contribution in [0.5, 0.6) is 0 Å². The van der Waals surface area contributed by atoms with Crippen LogP contribution in [0.1, 0.15) is 16.7 Å². The Morgan fingerprint density at radius 3 is 2.00 bits per heavy atom. The Balaban J connectivity index is 1.50. The predicted molar refractivity (Wildman–Crippen MR) is 92.6 cm³/mol. The fourth-order valence-electron chi connectivity index (χ4n) is 2.99. The average molecular weight is 295 g/mol. The first kappa shape index (κ1) is 15.1. The van der Waals surface area contributed by atoms with Gasteiger partial charge < -0.3 is 5.73 Å². The number of piperazine rings is 1. The molecule has 0 radical (unpaired) electrons. The summed E-state index contributed by atoms with van der Waals surface area (Å²) in [6.07, 6.45) is 0. The molecule has 0 saturated carbocycles. The van der Waals surface area contributed by atoms with E-state index in [0.29, 0.717) is 0 Å². The highest BCUT2D eigenvalue weighted by Gasteiger charge is 2.17. The monoisotopic (exact) mass is 295 g/mol. The number of aryl methyl sites for hydroxylation is 1. The van der Waals surface area contributed by atoms with Crippen LogP contribution < -0.4 is 5.73 Å². The van der Waals surface area contributed by atoms with Gasteiger partial charge >= 0.3 is 0 Å². The van der Waals surface area contributed by atoms with Crippen molar-refractivity contribution in [3.63, 3.8) is 0 Å². The van der Waals surface area contributed by atoms with E-state index in [1.807, 2.05) is 0 Å². The quantitative estimate of drug-likeness (QED) is 0.880. The van der Waals surface area contributed by atoms with Gasteiger partial charge in [-0.2, -0.15) is 0 Å². The molecule has 3 rings (SSSR count). The number of hydrogen-bond donors (Lipinski definition) is 1. The van der Waals surface area contributed by atoms with Crippen molar-refractivity contribution in [1.82, 2.24) is 9.80 Å². The summed E-state index contributed by atoms with van der Waals surface area (Å²) in [5.41, 5.74) is 10.8. The van der Waals surface area contributed by atoms with Crippen molar-refractivity contribution in [2.75, 3.05) is 31.9 Å². The highest BCUT2D eigenvalue weighted by Crippen LogP contribution is 2.16. The largest absolute Gasteiger partial charge is 0.399 e. The van der Waals surface area contributed by atoms with Gasteiger partial charge in [-0.3, -0.25) is 9.80 Å². The Morgan fingerprint density at radius 2 is 1.41 bits per heavy atom. The van der Waals surface area contributed by atoms with E-state index < -0.39 is 0 Å². The van der Waals surface area contributed by atoms with E-state index in [4.69, 9.17) is 5.73 Å². The van der Waals surface area contributed by atoms with Gasteiger partial charge in [-0.25, -0.2) is 0 Å². The molecular weight excluding hydrogens is 270 g/mol. The molecule has 3 nitrogen and oxygen atoms in total. The molecule has 1 fully saturated rings. The minimum Gasteiger partial charge on any atom is -0.399 e. The second-order valence-corrected chi connectivity index (χ2v) is 6.23. The summed E-state index contributed by atoms with van der Waals surface area (Å²) in [7, 11) is 0. The number of hydrogen-bond acceptors (Lipinski definition) is 3. The summed E-state index contributed by atoms with van der Waals surface area (Å²) >= 11 is 0. The van der Waals surface area contributed by atoms with E-state index in [0.717, 1.165) is 50.5 Å². The van der Waals surface area contributed by atoms with Gasteiger partial charge in [0.25, 0.3) is 0 Å². The third-order valence-electron chi connectivity index (χ3n) is 4.46. The summed E-state index contributed by atoms with van der Waals surface area (Å²) in [6.45, 7) is 8.64. The van der Waals surface area contributed by atoms with Crippen LogP contribution in [-0.2, 0) is 13.1 Å². The predicted octanol–water partition coefficient (Wildman–Crippen LogP) is 2.90. The number of anilines is 1. The van der Waals surface area contributed by atoms with Gasteiger partial charge in [-0.1, -0.05) is 42.5 Å². The Labute approximate surface area is 133 Å². The minimum atomic E-state index is 0.903. The van der Waals surface area contributed by atoms with Crippen LogP contribution in [0.3, 0.4) is 0 Å². The molecular formula is C19H25N3. The zero-order chi connectivity index (χ0) is 15.4. The van der Waals surface area contributed by atoms with Crippen molar-refractivity contribution in [3.8, 4) is 0 Å². The van der Waals surface area contributed by atoms with E-state index in [1.54, 1.807) is 0 Å². The Kier molecular flexibility index (Phi) is 4.76. The van der Waals surface area contributed by atoms with Crippen LogP contribution in [0.25, 0.3) is 0 Å². The maximum Gasteiger partial charge on any atom is 0.0346 e. The van der Waals surface area contributed by atoms with Crippen molar-refractivity contribution >= 4 is 5.69 Å². The van der Waals surface area contributed by atoms with Gasteiger partial charge in [0.15, 0.2) is 0 Å². The number of benzene rings is 2.